The molecule has 0 unspecified atom stereocenters. The normalized spacial score (nSPS) is 16.3. The summed E-state index contributed by atoms with van der Waals surface area (Å²) < 4.78 is 12.7. The first-order chi connectivity index (χ1) is 15.0. The number of anilines is 2. The van der Waals surface area contributed by atoms with Gasteiger partial charge in [0.25, 0.3) is 0 Å². The lowest BCUT2D eigenvalue weighted by atomic mass is 9.97. The average Bonchev–Trinajstić information content (AvgIpc) is 3.39. The fourth-order valence-corrected chi connectivity index (χ4v) is 4.92. The van der Waals surface area contributed by atoms with Crippen molar-refractivity contribution in [1.29, 1.82) is 0 Å². The van der Waals surface area contributed by atoms with Crippen LogP contribution in [0.4, 0.5) is 10.8 Å². The molecule has 1 aliphatic heterocycles. The van der Waals surface area contributed by atoms with Crippen molar-refractivity contribution in [1.82, 2.24) is 14.8 Å². The third-order valence-corrected chi connectivity index (χ3v) is 6.55. The lowest BCUT2D eigenvalue weighted by Crippen LogP contribution is -2.40. The Labute approximate surface area is 185 Å². The lowest BCUT2D eigenvalue weighted by molar-refractivity contribution is -0.120. The molecule has 2 aromatic heterocycles. The maximum Gasteiger partial charge on any atom is 0.229 e. The van der Waals surface area contributed by atoms with Crippen molar-refractivity contribution in [3.63, 3.8) is 0 Å². The van der Waals surface area contributed by atoms with E-state index in [2.05, 4.69) is 51.0 Å². The van der Waals surface area contributed by atoms with Crippen molar-refractivity contribution >= 4 is 28.1 Å². The Bertz CT molecular complexity index is 1060. The molecule has 0 saturated carbocycles. The zero-order valence-electron chi connectivity index (χ0n) is 18.2. The van der Waals surface area contributed by atoms with Gasteiger partial charge in [-0.15, -0.1) is 10.2 Å². The first kappa shape index (κ1) is 21.2. The minimum atomic E-state index is -0.121. The SMILES string of the molecule is COc1ccc(NC(=O)[C@H]2CCCN(c3nnc(-n4c(C)ccc4C)s3)C2)cc1OC. The van der Waals surface area contributed by atoms with Gasteiger partial charge in [-0.1, -0.05) is 11.3 Å². The van der Waals surface area contributed by atoms with Gasteiger partial charge in [0.2, 0.25) is 16.2 Å². The summed E-state index contributed by atoms with van der Waals surface area (Å²) >= 11 is 1.56. The van der Waals surface area contributed by atoms with Gasteiger partial charge in [0.15, 0.2) is 11.5 Å². The number of aryl methyl sites for hydroxylation is 2. The van der Waals surface area contributed by atoms with Crippen molar-refractivity contribution in [2.24, 2.45) is 5.92 Å². The molecule has 3 heterocycles. The Balaban J connectivity index is 1.45. The van der Waals surface area contributed by atoms with Gasteiger partial charge >= 0.3 is 0 Å². The number of carbonyl (C=O) groups is 1. The van der Waals surface area contributed by atoms with Crippen LogP contribution in [0.1, 0.15) is 24.2 Å². The molecule has 9 heteroatoms. The highest BCUT2D eigenvalue weighted by molar-refractivity contribution is 7.17. The second-order valence-electron chi connectivity index (χ2n) is 7.66. The summed E-state index contributed by atoms with van der Waals surface area (Å²) in [7, 11) is 3.17. The van der Waals surface area contributed by atoms with Crippen LogP contribution in [0.5, 0.6) is 11.5 Å². The minimum Gasteiger partial charge on any atom is -0.493 e. The number of rotatable bonds is 6. The number of methoxy groups -OCH3 is 2. The van der Waals surface area contributed by atoms with Gasteiger partial charge in [-0.25, -0.2) is 0 Å². The van der Waals surface area contributed by atoms with E-state index in [4.69, 9.17) is 9.47 Å². The van der Waals surface area contributed by atoms with Crippen LogP contribution in [0.15, 0.2) is 30.3 Å². The van der Waals surface area contributed by atoms with E-state index in [1.165, 1.54) is 0 Å². The van der Waals surface area contributed by atoms with Crippen molar-refractivity contribution in [2.75, 3.05) is 37.5 Å². The van der Waals surface area contributed by atoms with Gasteiger partial charge < -0.3 is 19.7 Å². The summed E-state index contributed by atoms with van der Waals surface area (Å²) in [6, 6.07) is 9.53. The predicted octanol–water partition coefficient (Wildman–Crippen LogP) is 3.82. The molecule has 1 aliphatic rings. The van der Waals surface area contributed by atoms with E-state index in [1.807, 2.05) is 6.07 Å². The first-order valence-corrected chi connectivity index (χ1v) is 11.1. The summed E-state index contributed by atoms with van der Waals surface area (Å²) in [6.45, 7) is 5.61. The molecule has 8 nitrogen and oxygen atoms in total. The zero-order valence-corrected chi connectivity index (χ0v) is 19.0. The summed E-state index contributed by atoms with van der Waals surface area (Å²) in [6.07, 6.45) is 1.78. The van der Waals surface area contributed by atoms with Gasteiger partial charge in [-0.2, -0.15) is 0 Å². The average molecular weight is 442 g/mol. The summed E-state index contributed by atoms with van der Waals surface area (Å²) in [5.41, 5.74) is 2.95. The molecule has 1 saturated heterocycles. The minimum absolute atomic E-state index is 0.00115. The number of hydrogen-bond acceptors (Lipinski definition) is 7. The number of nitrogens with zero attached hydrogens (tertiary/aromatic N) is 4. The number of nitrogens with one attached hydrogen (secondary N) is 1. The van der Waals surface area contributed by atoms with Crippen molar-refractivity contribution in [3.8, 4) is 16.6 Å². The topological polar surface area (TPSA) is 81.5 Å². The molecule has 1 amide bonds. The number of ether oxygens (including phenoxy) is 2. The predicted molar refractivity (Wildman–Crippen MR) is 122 cm³/mol. The molecular weight excluding hydrogens is 414 g/mol. The Morgan fingerprint density at radius 1 is 1.06 bits per heavy atom. The maximum atomic E-state index is 12.9. The third-order valence-electron chi connectivity index (χ3n) is 5.58. The number of piperidine rings is 1. The highest BCUT2D eigenvalue weighted by Gasteiger charge is 2.28. The molecule has 31 heavy (non-hydrogen) atoms. The number of carbonyl (C=O) groups excluding carboxylic acids is 1. The Morgan fingerprint density at radius 2 is 1.77 bits per heavy atom. The number of amides is 1. The molecule has 4 rings (SSSR count). The van der Waals surface area contributed by atoms with Gasteiger partial charge in [0.1, 0.15) is 0 Å². The van der Waals surface area contributed by atoms with Gasteiger partial charge in [-0.05, 0) is 51.0 Å². The fraction of sp³-hybridized carbons (Fsp3) is 0.409. The largest absolute Gasteiger partial charge is 0.493 e. The molecule has 0 radical (unpaired) electrons. The van der Waals surface area contributed by atoms with Crippen LogP contribution in [-0.2, 0) is 4.79 Å². The van der Waals surface area contributed by atoms with Crippen LogP contribution in [0.25, 0.3) is 5.13 Å². The summed E-state index contributed by atoms with van der Waals surface area (Å²) in [5, 5.41) is 13.5. The number of hydrogen-bond donors (Lipinski definition) is 1. The van der Waals surface area contributed by atoms with Crippen LogP contribution >= 0.6 is 11.3 Å². The van der Waals surface area contributed by atoms with Crippen LogP contribution in [0.2, 0.25) is 0 Å². The van der Waals surface area contributed by atoms with E-state index in [0.717, 1.165) is 41.0 Å². The van der Waals surface area contributed by atoms with Crippen LogP contribution in [0.3, 0.4) is 0 Å². The standard InChI is InChI=1S/C22H27N5O3S/c1-14-7-8-15(2)27(14)22-25-24-21(31-22)26-11-5-6-16(13-26)20(28)23-17-9-10-18(29-3)19(12-17)30-4/h7-10,12,16H,5-6,11,13H2,1-4H3,(H,23,28)/t16-/m0/s1. The molecule has 0 aliphatic carbocycles. The zero-order chi connectivity index (χ0) is 22.0. The quantitative estimate of drug-likeness (QED) is 0.626. The highest BCUT2D eigenvalue weighted by Crippen LogP contribution is 2.32. The second kappa shape index (κ2) is 8.97. The number of benzene rings is 1. The third kappa shape index (κ3) is 4.36. The maximum absolute atomic E-state index is 12.9. The molecule has 1 fully saturated rings. The molecular formula is C22H27N5O3S. The van der Waals surface area contributed by atoms with E-state index < -0.39 is 0 Å². The Hall–Kier alpha value is -3.07. The fourth-order valence-electron chi connectivity index (χ4n) is 3.92. The second-order valence-corrected chi connectivity index (χ2v) is 8.60. The lowest BCUT2D eigenvalue weighted by Gasteiger charge is -2.31. The smallest absolute Gasteiger partial charge is 0.229 e. The van der Waals surface area contributed by atoms with E-state index >= 15 is 0 Å². The van der Waals surface area contributed by atoms with Gasteiger partial charge in [0, 0.05) is 36.2 Å². The van der Waals surface area contributed by atoms with Crippen LogP contribution in [-0.4, -0.2) is 48.0 Å². The summed E-state index contributed by atoms with van der Waals surface area (Å²) in [5.74, 6) is 1.09. The van der Waals surface area contributed by atoms with Gasteiger partial charge in [0.05, 0.1) is 20.1 Å². The van der Waals surface area contributed by atoms with E-state index in [0.29, 0.717) is 23.7 Å². The van der Waals surface area contributed by atoms with Crippen LogP contribution < -0.4 is 19.7 Å². The molecule has 1 atom stereocenters. The highest BCUT2D eigenvalue weighted by atomic mass is 32.1. The Morgan fingerprint density at radius 3 is 2.48 bits per heavy atom. The van der Waals surface area contributed by atoms with Crippen LogP contribution in [0, 0.1) is 19.8 Å². The molecule has 3 aromatic rings. The van der Waals surface area contributed by atoms with Crippen molar-refractivity contribution in [2.45, 2.75) is 26.7 Å². The van der Waals surface area contributed by atoms with Gasteiger partial charge in [-0.3, -0.25) is 9.36 Å². The van der Waals surface area contributed by atoms with E-state index in [9.17, 15) is 4.79 Å². The molecule has 0 spiro atoms. The Kier molecular flexibility index (Phi) is 6.13. The molecule has 1 aromatic carbocycles. The monoisotopic (exact) mass is 441 g/mol. The molecule has 164 valence electrons. The molecule has 0 bridgehead atoms. The first-order valence-electron chi connectivity index (χ1n) is 10.3. The molecule has 1 N–H and O–H groups in total. The van der Waals surface area contributed by atoms with Crippen molar-refractivity contribution < 1.29 is 14.3 Å². The van der Waals surface area contributed by atoms with E-state index in [-0.39, 0.29) is 11.8 Å². The van der Waals surface area contributed by atoms with Crippen molar-refractivity contribution in [3.05, 3.63) is 41.7 Å². The van der Waals surface area contributed by atoms with E-state index in [1.54, 1.807) is 37.7 Å². The number of aromatic nitrogens is 3. The summed E-state index contributed by atoms with van der Waals surface area (Å²) in [4.78, 5) is 15.1.